The first-order chi connectivity index (χ1) is 14.0. The van der Waals surface area contributed by atoms with Crippen molar-refractivity contribution in [1.82, 2.24) is 9.80 Å². The number of carbonyl (C=O) groups excluding carboxylic acids is 2. The van der Waals surface area contributed by atoms with Gasteiger partial charge >= 0.3 is 0 Å². The molecule has 1 aliphatic heterocycles. The van der Waals surface area contributed by atoms with E-state index in [1.165, 1.54) is 11.1 Å². The Morgan fingerprint density at radius 1 is 0.966 bits per heavy atom. The molecule has 2 amide bonds. The van der Waals surface area contributed by atoms with Gasteiger partial charge in [0.15, 0.2) is 0 Å². The van der Waals surface area contributed by atoms with Crippen molar-refractivity contribution in [2.75, 3.05) is 38.0 Å². The first kappa shape index (κ1) is 20.8. The summed E-state index contributed by atoms with van der Waals surface area (Å²) in [5.41, 5.74) is 4.22. The number of nitrogens with one attached hydrogen (secondary N) is 1. The Kier molecular flexibility index (Phi) is 7.19. The average molecular weight is 392 g/mol. The summed E-state index contributed by atoms with van der Waals surface area (Å²) >= 11 is 0. The molecule has 5 heteroatoms. The zero-order chi connectivity index (χ0) is 20.6. The summed E-state index contributed by atoms with van der Waals surface area (Å²) < 4.78 is 0. The molecule has 29 heavy (non-hydrogen) atoms. The van der Waals surface area contributed by atoms with Gasteiger partial charge in [-0.25, -0.2) is 0 Å². The summed E-state index contributed by atoms with van der Waals surface area (Å²) in [5.74, 6) is -0.364. The number of rotatable bonds is 6. The average Bonchev–Trinajstić information content (AvgIpc) is 2.72. The lowest BCUT2D eigenvalue weighted by Crippen LogP contribution is -2.49. The van der Waals surface area contributed by atoms with Crippen LogP contribution in [-0.2, 0) is 9.59 Å². The van der Waals surface area contributed by atoms with Crippen LogP contribution in [0.15, 0.2) is 54.6 Å². The lowest BCUT2D eigenvalue weighted by molar-refractivity contribution is -0.136. The predicted octanol–water partition coefficient (Wildman–Crippen LogP) is 3.49. The number of benzene rings is 2. The van der Waals surface area contributed by atoms with Crippen LogP contribution in [0.4, 0.5) is 5.69 Å². The number of nitrogens with zero attached hydrogens (tertiary/aromatic N) is 2. The number of aryl methyl sites for hydroxylation is 2. The third kappa shape index (κ3) is 6.29. The van der Waals surface area contributed by atoms with Crippen LogP contribution in [0.2, 0.25) is 0 Å². The van der Waals surface area contributed by atoms with Crippen molar-refractivity contribution in [3.63, 3.8) is 0 Å². The highest BCUT2D eigenvalue weighted by molar-refractivity contribution is 6.03. The van der Waals surface area contributed by atoms with Gasteiger partial charge in [0.25, 0.3) is 0 Å². The lowest BCUT2D eigenvalue weighted by Gasteiger charge is -2.34. The Hall–Kier alpha value is -2.92. The summed E-state index contributed by atoms with van der Waals surface area (Å²) in [6.45, 7) is 7.87. The number of hydrogen-bond acceptors (Lipinski definition) is 3. The summed E-state index contributed by atoms with van der Waals surface area (Å²) in [6, 6.07) is 16.0. The minimum Gasteiger partial charge on any atom is -0.340 e. The summed E-state index contributed by atoms with van der Waals surface area (Å²) in [4.78, 5) is 28.8. The van der Waals surface area contributed by atoms with E-state index >= 15 is 0 Å². The molecule has 3 rings (SSSR count). The Morgan fingerprint density at radius 2 is 1.69 bits per heavy atom. The largest absolute Gasteiger partial charge is 0.340 e. The Balaban J connectivity index is 1.40. The van der Waals surface area contributed by atoms with E-state index < -0.39 is 0 Å². The van der Waals surface area contributed by atoms with Gasteiger partial charge in [0.05, 0.1) is 0 Å². The van der Waals surface area contributed by atoms with Gasteiger partial charge in [0.1, 0.15) is 6.42 Å². The number of amides is 2. The molecule has 0 spiro atoms. The van der Waals surface area contributed by atoms with Crippen molar-refractivity contribution < 1.29 is 9.59 Å². The normalized spacial score (nSPS) is 14.9. The molecule has 0 radical (unpaired) electrons. The molecule has 1 saturated heterocycles. The van der Waals surface area contributed by atoms with Crippen LogP contribution in [-0.4, -0.2) is 54.3 Å². The van der Waals surface area contributed by atoms with E-state index in [1.807, 2.05) is 50.2 Å². The summed E-state index contributed by atoms with van der Waals surface area (Å²) in [5, 5.41) is 2.83. The van der Waals surface area contributed by atoms with Gasteiger partial charge in [0.2, 0.25) is 11.8 Å². The molecule has 5 nitrogen and oxygen atoms in total. The molecular formula is C24H29N3O2. The second-order valence-electron chi connectivity index (χ2n) is 7.52. The second-order valence-corrected chi connectivity index (χ2v) is 7.52. The maximum absolute atomic E-state index is 12.5. The van der Waals surface area contributed by atoms with Crippen LogP contribution in [0.3, 0.4) is 0 Å². The predicted molar refractivity (Wildman–Crippen MR) is 118 cm³/mol. The van der Waals surface area contributed by atoms with Crippen LogP contribution in [0, 0.1) is 13.8 Å². The molecule has 0 atom stereocenters. The lowest BCUT2D eigenvalue weighted by atomic mass is 10.1. The standard InChI is InChI=1S/C24H29N3O2/c1-19-10-11-22(17-20(19)2)25-23(28)18-24(29)27-15-13-26(14-16-27)12-6-9-21-7-4-3-5-8-21/h3-11,17H,12-16,18H2,1-2H3,(H,25,28)/b9-6+. The highest BCUT2D eigenvalue weighted by Crippen LogP contribution is 2.14. The highest BCUT2D eigenvalue weighted by Gasteiger charge is 2.22. The molecule has 2 aromatic rings. The van der Waals surface area contributed by atoms with Crippen LogP contribution >= 0.6 is 0 Å². The fourth-order valence-corrected chi connectivity index (χ4v) is 3.36. The maximum atomic E-state index is 12.5. The first-order valence-corrected chi connectivity index (χ1v) is 10.1. The van der Waals surface area contributed by atoms with Crippen molar-refractivity contribution in [3.8, 4) is 0 Å². The van der Waals surface area contributed by atoms with Crippen molar-refractivity contribution in [3.05, 3.63) is 71.3 Å². The molecule has 0 bridgehead atoms. The monoisotopic (exact) mass is 391 g/mol. The first-order valence-electron chi connectivity index (χ1n) is 10.1. The van der Waals surface area contributed by atoms with Crippen molar-refractivity contribution in [1.29, 1.82) is 0 Å². The second kappa shape index (κ2) is 10.0. The fourth-order valence-electron chi connectivity index (χ4n) is 3.36. The van der Waals surface area contributed by atoms with Gasteiger partial charge in [-0.15, -0.1) is 0 Å². The topological polar surface area (TPSA) is 52.7 Å². The third-order valence-electron chi connectivity index (χ3n) is 5.30. The Morgan fingerprint density at radius 3 is 2.38 bits per heavy atom. The van der Waals surface area contributed by atoms with E-state index in [9.17, 15) is 9.59 Å². The number of anilines is 1. The molecule has 1 N–H and O–H groups in total. The minimum atomic E-state index is -0.258. The van der Waals surface area contributed by atoms with Crippen LogP contribution < -0.4 is 5.32 Å². The smallest absolute Gasteiger partial charge is 0.233 e. The number of carbonyl (C=O) groups is 2. The SMILES string of the molecule is Cc1ccc(NC(=O)CC(=O)N2CCN(C/C=C/c3ccccc3)CC2)cc1C. The van der Waals surface area contributed by atoms with Crippen molar-refractivity contribution in [2.24, 2.45) is 0 Å². The molecular weight excluding hydrogens is 362 g/mol. The molecule has 0 unspecified atom stereocenters. The van der Waals surface area contributed by atoms with Gasteiger partial charge in [-0.1, -0.05) is 48.6 Å². The Labute approximate surface area is 173 Å². The van der Waals surface area contributed by atoms with Crippen LogP contribution in [0.25, 0.3) is 6.08 Å². The molecule has 0 aromatic heterocycles. The van der Waals surface area contributed by atoms with E-state index in [-0.39, 0.29) is 18.2 Å². The number of piperazine rings is 1. The third-order valence-corrected chi connectivity index (χ3v) is 5.30. The summed E-state index contributed by atoms with van der Waals surface area (Å²) in [6.07, 6.45) is 4.17. The van der Waals surface area contributed by atoms with Gasteiger partial charge in [-0.2, -0.15) is 0 Å². The zero-order valence-corrected chi connectivity index (χ0v) is 17.2. The van der Waals surface area contributed by atoms with Gasteiger partial charge in [-0.3, -0.25) is 14.5 Å². The molecule has 2 aromatic carbocycles. The highest BCUT2D eigenvalue weighted by atomic mass is 16.2. The quantitative estimate of drug-likeness (QED) is 0.767. The van der Waals surface area contributed by atoms with Crippen molar-refractivity contribution >= 4 is 23.6 Å². The fraction of sp³-hybridized carbons (Fsp3) is 0.333. The summed E-state index contributed by atoms with van der Waals surface area (Å²) in [7, 11) is 0. The Bertz CT molecular complexity index is 869. The van der Waals surface area contributed by atoms with E-state index in [0.29, 0.717) is 13.1 Å². The minimum absolute atomic E-state index is 0.106. The number of hydrogen-bond donors (Lipinski definition) is 1. The van der Waals surface area contributed by atoms with Crippen LogP contribution in [0.5, 0.6) is 0 Å². The molecule has 1 fully saturated rings. The van der Waals surface area contributed by atoms with E-state index in [2.05, 4.69) is 34.5 Å². The molecule has 152 valence electrons. The van der Waals surface area contributed by atoms with E-state index in [0.717, 1.165) is 30.9 Å². The zero-order valence-electron chi connectivity index (χ0n) is 17.2. The maximum Gasteiger partial charge on any atom is 0.233 e. The van der Waals surface area contributed by atoms with Crippen molar-refractivity contribution in [2.45, 2.75) is 20.3 Å². The molecule has 0 saturated carbocycles. The van der Waals surface area contributed by atoms with Gasteiger partial charge in [-0.05, 0) is 42.7 Å². The van der Waals surface area contributed by atoms with E-state index in [1.54, 1.807) is 4.90 Å². The molecule has 1 aliphatic rings. The van der Waals surface area contributed by atoms with Crippen LogP contribution in [0.1, 0.15) is 23.1 Å². The molecule has 0 aliphatic carbocycles. The van der Waals surface area contributed by atoms with E-state index in [4.69, 9.17) is 0 Å². The van der Waals surface area contributed by atoms with Gasteiger partial charge in [0, 0.05) is 38.4 Å². The molecule has 1 heterocycles. The van der Waals surface area contributed by atoms with Gasteiger partial charge < -0.3 is 10.2 Å².